The van der Waals surface area contributed by atoms with E-state index in [1.165, 1.54) is 30.8 Å². The molecule has 0 spiro atoms. The minimum Gasteiger partial charge on any atom is -0.494 e. The van der Waals surface area contributed by atoms with Crippen LogP contribution in [-0.2, 0) is 0 Å². The zero-order chi connectivity index (χ0) is 24.5. The maximum atomic E-state index is 13.2. The third-order valence-corrected chi connectivity index (χ3v) is 5.97. The molecule has 11 heteroatoms. The number of aromatic nitrogens is 4. The lowest BCUT2D eigenvalue weighted by molar-refractivity contribution is 0.0943. The number of halogens is 1. The normalized spacial score (nSPS) is 11.5. The molecule has 0 aliphatic rings. The molecule has 0 aliphatic heterocycles. The lowest BCUT2D eigenvalue weighted by Gasteiger charge is -2.17. The van der Waals surface area contributed by atoms with Crippen molar-refractivity contribution < 1.29 is 14.6 Å². The fourth-order valence-electron chi connectivity index (χ4n) is 3.21. The minimum absolute atomic E-state index is 0.282. The Labute approximate surface area is 205 Å². The van der Waals surface area contributed by atoms with E-state index >= 15 is 0 Å². The van der Waals surface area contributed by atoms with Crippen molar-refractivity contribution in [3.63, 3.8) is 0 Å². The molecule has 34 heavy (non-hydrogen) atoms. The molecule has 0 fully saturated rings. The molecule has 0 bridgehead atoms. The Morgan fingerprint density at radius 2 is 1.94 bits per heavy atom. The van der Waals surface area contributed by atoms with Crippen LogP contribution < -0.4 is 15.4 Å². The third-order valence-electron chi connectivity index (χ3n) is 4.83. The monoisotopic (exact) mass is 498 g/mol. The predicted octanol–water partition coefficient (Wildman–Crippen LogP) is 4.55. The van der Waals surface area contributed by atoms with Gasteiger partial charge in [0.25, 0.3) is 5.91 Å². The van der Waals surface area contributed by atoms with Gasteiger partial charge < -0.3 is 15.2 Å². The molecule has 4 heterocycles. The average molecular weight is 499 g/mol. The Hall–Kier alpha value is -3.34. The van der Waals surface area contributed by atoms with Gasteiger partial charge in [0, 0.05) is 35.6 Å². The molecule has 0 saturated carbocycles. The van der Waals surface area contributed by atoms with Gasteiger partial charge in [-0.1, -0.05) is 22.9 Å². The van der Waals surface area contributed by atoms with Gasteiger partial charge in [-0.15, -0.1) is 0 Å². The van der Waals surface area contributed by atoms with Gasteiger partial charge >= 0.3 is 0 Å². The fraction of sp³-hybridized carbons (Fsp3) is 0.261. The van der Waals surface area contributed by atoms with E-state index in [9.17, 15) is 9.90 Å². The number of thiazole rings is 1. The second kappa shape index (κ2) is 9.49. The number of nitrogens with one attached hydrogen (secondary N) is 2. The maximum Gasteiger partial charge on any atom is 0.259 e. The van der Waals surface area contributed by atoms with Crippen molar-refractivity contribution in [2.24, 2.45) is 0 Å². The summed E-state index contributed by atoms with van der Waals surface area (Å²) >= 11 is 7.44. The highest BCUT2D eigenvalue weighted by molar-refractivity contribution is 7.22. The van der Waals surface area contributed by atoms with Crippen LogP contribution in [0.4, 0.5) is 10.9 Å². The molecule has 1 amide bonds. The van der Waals surface area contributed by atoms with Crippen molar-refractivity contribution in [3.8, 4) is 16.9 Å². The Bertz CT molecular complexity index is 1370. The van der Waals surface area contributed by atoms with E-state index in [0.717, 1.165) is 10.4 Å². The summed E-state index contributed by atoms with van der Waals surface area (Å²) in [5.74, 6) is 0.730. The van der Waals surface area contributed by atoms with Crippen LogP contribution >= 0.6 is 22.9 Å². The zero-order valence-corrected chi connectivity index (χ0v) is 20.6. The second-order valence-corrected chi connectivity index (χ2v) is 9.67. The van der Waals surface area contributed by atoms with Gasteiger partial charge in [0.1, 0.15) is 22.2 Å². The Morgan fingerprint density at radius 1 is 1.15 bits per heavy atom. The number of nitrogens with zero attached hydrogens (tertiary/aromatic N) is 4. The molecule has 0 unspecified atom stereocenters. The highest BCUT2D eigenvalue weighted by atomic mass is 35.5. The number of carbonyl (C=O) groups excluding carboxylic acids is 1. The van der Waals surface area contributed by atoms with E-state index in [1.54, 1.807) is 32.2 Å². The van der Waals surface area contributed by atoms with Crippen LogP contribution in [0.3, 0.4) is 0 Å². The number of amides is 1. The highest BCUT2D eigenvalue weighted by Crippen LogP contribution is 2.34. The van der Waals surface area contributed by atoms with Crippen LogP contribution in [0, 0.1) is 6.92 Å². The summed E-state index contributed by atoms with van der Waals surface area (Å²) in [7, 11) is 1.53. The number of hydrogen-bond donors (Lipinski definition) is 3. The van der Waals surface area contributed by atoms with Gasteiger partial charge in [-0.3, -0.25) is 15.1 Å². The number of pyridine rings is 3. The number of fused-ring (bicyclic) bond motifs is 1. The smallest absolute Gasteiger partial charge is 0.259 e. The number of ether oxygens (including phenoxy) is 1. The van der Waals surface area contributed by atoms with E-state index in [1.807, 2.05) is 13.0 Å². The predicted molar refractivity (Wildman–Crippen MR) is 134 cm³/mol. The van der Waals surface area contributed by atoms with Gasteiger partial charge in [0.05, 0.1) is 35.4 Å². The Kier molecular flexibility index (Phi) is 6.65. The highest BCUT2D eigenvalue weighted by Gasteiger charge is 2.19. The molecule has 0 atom stereocenters. The number of anilines is 2. The molecule has 0 aliphatic carbocycles. The summed E-state index contributed by atoms with van der Waals surface area (Å²) in [6.07, 6.45) is 4.65. The summed E-state index contributed by atoms with van der Waals surface area (Å²) < 4.78 is 6.27. The van der Waals surface area contributed by atoms with Crippen LogP contribution in [0.1, 0.15) is 29.9 Å². The zero-order valence-electron chi connectivity index (χ0n) is 19.0. The first kappa shape index (κ1) is 23.8. The van der Waals surface area contributed by atoms with Gasteiger partial charge in [0.2, 0.25) is 0 Å². The number of methoxy groups -OCH3 is 1. The lowest BCUT2D eigenvalue weighted by Crippen LogP contribution is -2.29. The Morgan fingerprint density at radius 3 is 2.68 bits per heavy atom. The van der Waals surface area contributed by atoms with E-state index < -0.39 is 5.60 Å². The fourth-order valence-corrected chi connectivity index (χ4v) is 4.23. The Balaban J connectivity index is 1.63. The number of rotatable bonds is 7. The van der Waals surface area contributed by atoms with E-state index in [4.69, 9.17) is 16.3 Å². The summed E-state index contributed by atoms with van der Waals surface area (Å²) in [5.41, 5.74) is 2.11. The first-order valence-electron chi connectivity index (χ1n) is 10.3. The largest absolute Gasteiger partial charge is 0.494 e. The summed E-state index contributed by atoms with van der Waals surface area (Å²) in [4.78, 5) is 30.4. The number of carbonyl (C=O) groups is 1. The molecule has 4 aromatic rings. The summed E-state index contributed by atoms with van der Waals surface area (Å²) in [5, 5.41) is 16.6. The first-order valence-corrected chi connectivity index (χ1v) is 11.5. The van der Waals surface area contributed by atoms with Crippen molar-refractivity contribution >= 4 is 50.0 Å². The molecule has 9 nitrogen and oxygen atoms in total. The topological polar surface area (TPSA) is 122 Å². The van der Waals surface area contributed by atoms with Gasteiger partial charge in [0.15, 0.2) is 5.13 Å². The van der Waals surface area contributed by atoms with Crippen molar-refractivity contribution in [3.05, 3.63) is 53.2 Å². The molecular weight excluding hydrogens is 476 g/mol. The molecule has 0 saturated heterocycles. The van der Waals surface area contributed by atoms with Crippen molar-refractivity contribution in [2.45, 2.75) is 26.4 Å². The molecule has 0 aromatic carbocycles. The number of hydrogen-bond acceptors (Lipinski definition) is 9. The number of aryl methyl sites for hydroxylation is 1. The third kappa shape index (κ3) is 5.41. The van der Waals surface area contributed by atoms with Crippen LogP contribution in [0.25, 0.3) is 21.3 Å². The standard InChI is InChI=1S/C23H23ClN6O3S/c1-12-5-13(14-6-19(24)26-10-17(14)33-4)15(8-25-12)21(31)30-22-29-16-9-27-20(7-18(16)34-22)28-11-23(2,3)32/h5-10,32H,11H2,1-4H3,(H,27,28)(H,29,30,31). The quantitative estimate of drug-likeness (QED) is 0.317. The maximum absolute atomic E-state index is 13.2. The van der Waals surface area contributed by atoms with E-state index in [-0.39, 0.29) is 11.1 Å². The van der Waals surface area contributed by atoms with Gasteiger partial charge in [-0.05, 0) is 32.9 Å². The molecule has 0 radical (unpaired) electrons. The van der Waals surface area contributed by atoms with Crippen molar-refractivity contribution in [1.82, 2.24) is 19.9 Å². The second-order valence-electron chi connectivity index (χ2n) is 8.25. The molecular formula is C23H23ClN6O3S. The molecule has 176 valence electrons. The average Bonchev–Trinajstić information content (AvgIpc) is 3.18. The molecule has 3 N–H and O–H groups in total. The lowest BCUT2D eigenvalue weighted by atomic mass is 10.0. The van der Waals surface area contributed by atoms with Crippen molar-refractivity contribution in [2.75, 3.05) is 24.3 Å². The summed E-state index contributed by atoms with van der Waals surface area (Å²) in [6, 6.07) is 5.28. The molecule has 4 aromatic heterocycles. The van der Waals surface area contributed by atoms with Crippen LogP contribution in [0.5, 0.6) is 5.75 Å². The van der Waals surface area contributed by atoms with Gasteiger partial charge in [-0.25, -0.2) is 15.0 Å². The van der Waals surface area contributed by atoms with E-state index in [2.05, 4.69) is 30.6 Å². The SMILES string of the molecule is COc1cnc(Cl)cc1-c1cc(C)ncc1C(=O)Nc1nc2cnc(NCC(C)(C)O)cc2s1. The van der Waals surface area contributed by atoms with Crippen LogP contribution in [0.2, 0.25) is 5.15 Å². The van der Waals surface area contributed by atoms with Crippen LogP contribution in [-0.4, -0.2) is 50.2 Å². The number of aliphatic hydroxyl groups is 1. The van der Waals surface area contributed by atoms with Gasteiger partial charge in [-0.2, -0.15) is 0 Å². The summed E-state index contributed by atoms with van der Waals surface area (Å²) in [6.45, 7) is 5.61. The van der Waals surface area contributed by atoms with Crippen LogP contribution in [0.15, 0.2) is 36.8 Å². The minimum atomic E-state index is -0.870. The first-order chi connectivity index (χ1) is 16.1. The van der Waals surface area contributed by atoms with E-state index in [0.29, 0.717) is 45.5 Å². The molecule has 4 rings (SSSR count). The van der Waals surface area contributed by atoms with Crippen molar-refractivity contribution in [1.29, 1.82) is 0 Å².